The maximum atomic E-state index is 12.9. The number of aryl methyl sites for hydroxylation is 2. The maximum absolute atomic E-state index is 12.9. The average molecular weight is 509 g/mol. The summed E-state index contributed by atoms with van der Waals surface area (Å²) in [4.78, 5) is 34.2. The lowest BCUT2D eigenvalue weighted by molar-refractivity contribution is -0.187. The molecule has 1 aromatic carbocycles. The number of fused-ring (bicyclic) bond motifs is 1. The number of hydrogen-bond donors (Lipinski definition) is 1. The fraction of sp³-hybridized carbons (Fsp3) is 0.391. The summed E-state index contributed by atoms with van der Waals surface area (Å²) in [6.07, 6.45) is -3.23. The number of nitrogens with zero attached hydrogens (tertiary/aromatic N) is 3. The van der Waals surface area contributed by atoms with Crippen molar-refractivity contribution in [1.82, 2.24) is 14.9 Å². The number of anilines is 2. The number of rotatable bonds is 5. The summed E-state index contributed by atoms with van der Waals surface area (Å²) in [6, 6.07) is 5.41. The van der Waals surface area contributed by atoms with Gasteiger partial charge in [-0.3, -0.25) is 4.79 Å². The smallest absolute Gasteiger partial charge is 0.471 e. The molecule has 1 atom stereocenters. The predicted molar refractivity (Wildman–Crippen MR) is 124 cm³/mol. The number of nitrogens with one attached hydrogen (secondary N) is 1. The summed E-state index contributed by atoms with van der Waals surface area (Å²) >= 11 is 1.20. The zero-order valence-corrected chi connectivity index (χ0v) is 20.0. The Hall–Kier alpha value is -3.41. The van der Waals surface area contributed by atoms with Crippen LogP contribution < -0.4 is 10.1 Å². The number of piperidine rings is 1. The highest BCUT2D eigenvalue weighted by atomic mass is 32.1. The fourth-order valence-electron chi connectivity index (χ4n) is 3.99. The Balaban J connectivity index is 1.62. The molecule has 1 saturated heterocycles. The van der Waals surface area contributed by atoms with Crippen molar-refractivity contribution in [2.75, 3.05) is 25.5 Å². The molecule has 1 N–H and O–H groups in total. The van der Waals surface area contributed by atoms with Crippen molar-refractivity contribution >= 4 is 44.9 Å². The summed E-state index contributed by atoms with van der Waals surface area (Å²) in [5, 5.41) is 3.88. The van der Waals surface area contributed by atoms with Crippen LogP contribution in [0.1, 0.15) is 33.6 Å². The van der Waals surface area contributed by atoms with Crippen LogP contribution in [0.3, 0.4) is 0 Å². The normalized spacial score (nSPS) is 16.3. The van der Waals surface area contributed by atoms with Crippen LogP contribution in [-0.2, 0) is 9.53 Å². The third-order valence-corrected chi connectivity index (χ3v) is 6.87. The Morgan fingerprint density at radius 2 is 2.00 bits per heavy atom. The van der Waals surface area contributed by atoms with Crippen LogP contribution in [0.15, 0.2) is 24.5 Å². The van der Waals surface area contributed by atoms with Crippen LogP contribution in [0.25, 0.3) is 10.2 Å². The fourth-order valence-corrected chi connectivity index (χ4v) is 5.06. The third kappa shape index (κ3) is 5.16. The molecule has 0 radical (unpaired) electrons. The van der Waals surface area contributed by atoms with Crippen molar-refractivity contribution in [2.45, 2.75) is 39.0 Å². The average Bonchev–Trinajstić information content (AvgIpc) is 3.16. The van der Waals surface area contributed by atoms with Crippen molar-refractivity contribution < 1.29 is 32.2 Å². The quantitative estimate of drug-likeness (QED) is 0.496. The zero-order valence-electron chi connectivity index (χ0n) is 19.2. The van der Waals surface area contributed by atoms with E-state index in [-0.39, 0.29) is 13.1 Å². The van der Waals surface area contributed by atoms with Gasteiger partial charge in [-0.25, -0.2) is 14.8 Å². The van der Waals surface area contributed by atoms with Crippen LogP contribution >= 0.6 is 11.3 Å². The van der Waals surface area contributed by atoms with Gasteiger partial charge in [0.2, 0.25) is 0 Å². The molecule has 0 saturated carbocycles. The maximum Gasteiger partial charge on any atom is 0.471 e. The standard InChI is InChI=1S/C23H23F3N4O4S/c1-12-6-7-15(16(9-12)34-14-5-4-8-30(10-14)22(32)23(24,25)26)29-19-17-13(2)18(21(31)33-3)35-20(17)28-11-27-19/h6-7,9,11,14H,4-5,8,10H2,1-3H3,(H,27,28,29)/t14-/m0/s1. The number of carbonyl (C=O) groups excluding carboxylic acids is 2. The molecule has 0 spiro atoms. The SMILES string of the molecule is COC(=O)c1sc2ncnc(Nc3ccc(C)cc3O[C@H]3CCCN(C(=O)C(F)(F)F)C3)c2c1C. The van der Waals surface area contributed by atoms with Crippen LogP contribution in [-0.4, -0.2) is 59.2 Å². The first kappa shape index (κ1) is 24.7. The lowest BCUT2D eigenvalue weighted by Crippen LogP contribution is -2.49. The molecule has 1 fully saturated rings. The van der Waals surface area contributed by atoms with Crippen LogP contribution in [0.4, 0.5) is 24.7 Å². The van der Waals surface area contributed by atoms with Crippen LogP contribution in [0, 0.1) is 13.8 Å². The number of esters is 1. The number of benzene rings is 1. The van der Waals surface area contributed by atoms with Gasteiger partial charge in [-0.15, -0.1) is 11.3 Å². The van der Waals surface area contributed by atoms with E-state index in [9.17, 15) is 22.8 Å². The monoisotopic (exact) mass is 508 g/mol. The Morgan fingerprint density at radius 1 is 1.23 bits per heavy atom. The number of methoxy groups -OCH3 is 1. The van der Waals surface area contributed by atoms with E-state index in [4.69, 9.17) is 9.47 Å². The number of carbonyl (C=O) groups is 2. The van der Waals surface area contributed by atoms with Gasteiger partial charge in [-0.2, -0.15) is 13.2 Å². The van der Waals surface area contributed by atoms with Gasteiger partial charge in [0.25, 0.3) is 0 Å². The van der Waals surface area contributed by atoms with E-state index in [0.29, 0.717) is 50.8 Å². The van der Waals surface area contributed by atoms with E-state index in [0.717, 1.165) is 10.5 Å². The molecule has 0 unspecified atom stereocenters. The lowest BCUT2D eigenvalue weighted by Gasteiger charge is -2.33. The van der Waals surface area contributed by atoms with Crippen molar-refractivity contribution in [3.63, 3.8) is 0 Å². The third-order valence-electron chi connectivity index (χ3n) is 5.69. The minimum atomic E-state index is -4.92. The Labute approximate surface area is 203 Å². The molecular formula is C23H23F3N4O4S. The van der Waals surface area contributed by atoms with Gasteiger partial charge in [-0.1, -0.05) is 6.07 Å². The molecule has 0 aliphatic carbocycles. The number of thiophene rings is 1. The van der Waals surface area contributed by atoms with E-state index in [1.54, 1.807) is 19.1 Å². The molecule has 12 heteroatoms. The molecule has 2 aromatic heterocycles. The van der Waals surface area contributed by atoms with E-state index < -0.39 is 24.2 Å². The second kappa shape index (κ2) is 9.68. The first-order chi connectivity index (χ1) is 16.6. The second-order valence-corrected chi connectivity index (χ2v) is 9.20. The van der Waals surface area contributed by atoms with Gasteiger partial charge in [0.1, 0.15) is 33.7 Å². The van der Waals surface area contributed by atoms with Gasteiger partial charge < -0.3 is 19.7 Å². The zero-order chi connectivity index (χ0) is 25.3. The van der Waals surface area contributed by atoms with Crippen LogP contribution in [0.2, 0.25) is 0 Å². The largest absolute Gasteiger partial charge is 0.486 e. The molecule has 4 rings (SSSR count). The van der Waals surface area contributed by atoms with Gasteiger partial charge >= 0.3 is 18.1 Å². The van der Waals surface area contributed by atoms with E-state index in [1.807, 2.05) is 13.0 Å². The number of ether oxygens (including phenoxy) is 2. The summed E-state index contributed by atoms with van der Waals surface area (Å²) in [5.41, 5.74) is 2.10. The molecule has 3 aromatic rings. The molecule has 186 valence electrons. The van der Waals surface area contributed by atoms with E-state index in [2.05, 4.69) is 15.3 Å². The highest BCUT2D eigenvalue weighted by Gasteiger charge is 2.44. The molecule has 0 bridgehead atoms. The van der Waals surface area contributed by atoms with Gasteiger partial charge in [-0.05, 0) is 49.9 Å². The van der Waals surface area contributed by atoms with Crippen LogP contribution in [0.5, 0.6) is 5.75 Å². The summed E-state index contributed by atoms with van der Waals surface area (Å²) in [6.45, 7) is 3.53. The second-order valence-electron chi connectivity index (χ2n) is 8.21. The molecule has 1 amide bonds. The molecule has 1 aliphatic rings. The number of hydrogen-bond acceptors (Lipinski definition) is 8. The first-order valence-corrected chi connectivity index (χ1v) is 11.6. The van der Waals surface area contributed by atoms with Gasteiger partial charge in [0.05, 0.1) is 24.7 Å². The van der Waals surface area contributed by atoms with Crippen molar-refractivity contribution in [3.8, 4) is 5.75 Å². The molecular weight excluding hydrogens is 485 g/mol. The van der Waals surface area contributed by atoms with Crippen molar-refractivity contribution in [1.29, 1.82) is 0 Å². The molecule has 35 heavy (non-hydrogen) atoms. The molecule has 8 nitrogen and oxygen atoms in total. The van der Waals surface area contributed by atoms with E-state index in [1.165, 1.54) is 24.8 Å². The summed E-state index contributed by atoms with van der Waals surface area (Å²) < 4.78 is 49.6. The number of aromatic nitrogens is 2. The highest BCUT2D eigenvalue weighted by molar-refractivity contribution is 7.20. The number of likely N-dealkylation sites (tertiary alicyclic amines) is 1. The number of amides is 1. The molecule has 1 aliphatic heterocycles. The van der Waals surface area contributed by atoms with Crippen molar-refractivity contribution in [3.05, 3.63) is 40.5 Å². The van der Waals surface area contributed by atoms with Gasteiger partial charge in [0.15, 0.2) is 0 Å². The Bertz CT molecular complexity index is 1280. The Morgan fingerprint density at radius 3 is 2.71 bits per heavy atom. The van der Waals surface area contributed by atoms with Crippen molar-refractivity contribution in [2.24, 2.45) is 0 Å². The summed E-state index contributed by atoms with van der Waals surface area (Å²) in [7, 11) is 1.31. The predicted octanol–water partition coefficient (Wildman–Crippen LogP) is 4.77. The highest BCUT2D eigenvalue weighted by Crippen LogP contribution is 2.37. The number of halogens is 3. The molecule has 3 heterocycles. The lowest BCUT2D eigenvalue weighted by atomic mass is 10.1. The first-order valence-electron chi connectivity index (χ1n) is 10.8. The summed E-state index contributed by atoms with van der Waals surface area (Å²) in [5.74, 6) is -1.45. The van der Waals surface area contributed by atoms with E-state index >= 15 is 0 Å². The minimum absolute atomic E-state index is 0.0377. The Kier molecular flexibility index (Phi) is 6.84. The van der Waals surface area contributed by atoms with Gasteiger partial charge in [0, 0.05) is 6.54 Å². The minimum Gasteiger partial charge on any atom is -0.486 e. The number of alkyl halides is 3. The topological polar surface area (TPSA) is 93.7 Å².